The third-order valence-corrected chi connectivity index (χ3v) is 4.13. The van der Waals surface area contributed by atoms with Gasteiger partial charge in [0, 0.05) is 29.1 Å². The van der Waals surface area contributed by atoms with Crippen LogP contribution in [0.25, 0.3) is 10.9 Å². The SMILES string of the molecule is Cc1ccc(C)c2c(C)c(C3CCNC3)[nH]c12. The van der Waals surface area contributed by atoms with Gasteiger partial charge in [0.25, 0.3) is 0 Å². The van der Waals surface area contributed by atoms with Crippen molar-refractivity contribution >= 4 is 10.9 Å². The Kier molecular flexibility index (Phi) is 2.48. The van der Waals surface area contributed by atoms with Gasteiger partial charge in [-0.2, -0.15) is 0 Å². The summed E-state index contributed by atoms with van der Waals surface area (Å²) in [5.41, 5.74) is 6.98. The van der Waals surface area contributed by atoms with Crippen LogP contribution in [0.1, 0.15) is 34.7 Å². The molecule has 2 heterocycles. The van der Waals surface area contributed by atoms with Gasteiger partial charge in [0.1, 0.15) is 0 Å². The lowest BCUT2D eigenvalue weighted by Gasteiger charge is -2.07. The summed E-state index contributed by atoms with van der Waals surface area (Å²) in [4.78, 5) is 3.67. The number of aromatic amines is 1. The van der Waals surface area contributed by atoms with Crippen molar-refractivity contribution in [1.29, 1.82) is 0 Å². The first-order chi connectivity index (χ1) is 8.18. The minimum atomic E-state index is 0.668. The molecular weight excluding hydrogens is 208 g/mol. The van der Waals surface area contributed by atoms with Gasteiger partial charge in [0.05, 0.1) is 0 Å². The van der Waals surface area contributed by atoms with E-state index in [1.54, 1.807) is 0 Å². The van der Waals surface area contributed by atoms with E-state index in [4.69, 9.17) is 0 Å². The topological polar surface area (TPSA) is 27.8 Å². The van der Waals surface area contributed by atoms with Gasteiger partial charge < -0.3 is 10.3 Å². The van der Waals surface area contributed by atoms with Crippen molar-refractivity contribution in [2.75, 3.05) is 13.1 Å². The highest BCUT2D eigenvalue weighted by atomic mass is 14.9. The maximum atomic E-state index is 3.67. The zero-order valence-corrected chi connectivity index (χ0v) is 10.9. The lowest BCUT2D eigenvalue weighted by Crippen LogP contribution is -2.08. The fourth-order valence-electron chi connectivity index (χ4n) is 3.13. The van der Waals surface area contributed by atoms with Crippen molar-refractivity contribution in [1.82, 2.24) is 10.3 Å². The quantitative estimate of drug-likeness (QED) is 0.771. The number of H-pyrrole nitrogens is 1. The smallest absolute Gasteiger partial charge is 0.0491 e. The number of aryl methyl sites for hydroxylation is 3. The molecule has 1 aromatic heterocycles. The van der Waals surface area contributed by atoms with Crippen molar-refractivity contribution in [3.8, 4) is 0 Å². The van der Waals surface area contributed by atoms with Crippen molar-refractivity contribution in [3.05, 3.63) is 34.5 Å². The van der Waals surface area contributed by atoms with Gasteiger partial charge in [0.2, 0.25) is 0 Å². The molecule has 0 bridgehead atoms. The van der Waals surface area contributed by atoms with Crippen molar-refractivity contribution in [2.24, 2.45) is 0 Å². The zero-order chi connectivity index (χ0) is 12.0. The highest BCUT2D eigenvalue weighted by molar-refractivity contribution is 5.90. The summed E-state index contributed by atoms with van der Waals surface area (Å²) in [7, 11) is 0. The fraction of sp³-hybridized carbons (Fsp3) is 0.467. The summed E-state index contributed by atoms with van der Waals surface area (Å²) < 4.78 is 0. The number of hydrogen-bond donors (Lipinski definition) is 2. The molecule has 1 aliphatic heterocycles. The predicted molar refractivity (Wildman–Crippen MR) is 72.7 cm³/mol. The Bertz CT molecular complexity index is 560. The molecule has 90 valence electrons. The fourth-order valence-corrected chi connectivity index (χ4v) is 3.13. The van der Waals surface area contributed by atoms with Crippen LogP contribution in [0.3, 0.4) is 0 Å². The van der Waals surface area contributed by atoms with Crippen molar-refractivity contribution < 1.29 is 0 Å². The molecule has 0 radical (unpaired) electrons. The highest BCUT2D eigenvalue weighted by Gasteiger charge is 2.22. The van der Waals surface area contributed by atoms with Gasteiger partial charge in [0.15, 0.2) is 0 Å². The largest absolute Gasteiger partial charge is 0.358 e. The van der Waals surface area contributed by atoms with E-state index in [0.29, 0.717) is 5.92 Å². The van der Waals surface area contributed by atoms with Gasteiger partial charge in [-0.1, -0.05) is 12.1 Å². The number of hydrogen-bond acceptors (Lipinski definition) is 1. The first-order valence-electron chi connectivity index (χ1n) is 6.47. The molecule has 1 unspecified atom stereocenters. The molecule has 2 nitrogen and oxygen atoms in total. The zero-order valence-electron chi connectivity index (χ0n) is 10.9. The minimum absolute atomic E-state index is 0.668. The van der Waals surface area contributed by atoms with Gasteiger partial charge in [-0.25, -0.2) is 0 Å². The van der Waals surface area contributed by atoms with Crippen LogP contribution >= 0.6 is 0 Å². The normalized spacial score (nSPS) is 20.3. The molecule has 1 atom stereocenters. The van der Waals surface area contributed by atoms with Crippen LogP contribution in [0, 0.1) is 20.8 Å². The number of fused-ring (bicyclic) bond motifs is 1. The molecule has 2 N–H and O–H groups in total. The monoisotopic (exact) mass is 228 g/mol. The van der Waals surface area contributed by atoms with Gasteiger partial charge in [-0.3, -0.25) is 0 Å². The van der Waals surface area contributed by atoms with Gasteiger partial charge in [-0.15, -0.1) is 0 Å². The van der Waals surface area contributed by atoms with Gasteiger partial charge >= 0.3 is 0 Å². The summed E-state index contributed by atoms with van der Waals surface area (Å²) in [5, 5.41) is 4.89. The third kappa shape index (κ3) is 1.59. The van der Waals surface area contributed by atoms with E-state index in [-0.39, 0.29) is 0 Å². The summed E-state index contributed by atoms with van der Waals surface area (Å²) in [6.07, 6.45) is 1.26. The molecule has 0 saturated carbocycles. The number of benzene rings is 1. The molecule has 0 amide bonds. The highest BCUT2D eigenvalue weighted by Crippen LogP contribution is 2.33. The van der Waals surface area contributed by atoms with E-state index in [1.165, 1.54) is 39.7 Å². The van der Waals surface area contributed by atoms with Crippen LogP contribution in [-0.2, 0) is 0 Å². The molecule has 1 aliphatic rings. The van der Waals surface area contributed by atoms with E-state index in [0.717, 1.165) is 13.1 Å². The van der Waals surface area contributed by atoms with Crippen LogP contribution in [-0.4, -0.2) is 18.1 Å². The van der Waals surface area contributed by atoms with Crippen molar-refractivity contribution in [2.45, 2.75) is 33.1 Å². The second-order valence-electron chi connectivity index (χ2n) is 5.30. The minimum Gasteiger partial charge on any atom is -0.358 e. The Morgan fingerprint density at radius 2 is 1.88 bits per heavy atom. The number of nitrogens with one attached hydrogen (secondary N) is 2. The molecule has 1 aromatic carbocycles. The average molecular weight is 228 g/mol. The molecule has 3 rings (SSSR count). The first-order valence-corrected chi connectivity index (χ1v) is 6.47. The van der Waals surface area contributed by atoms with Gasteiger partial charge in [-0.05, 0) is 50.4 Å². The standard InChI is InChI=1S/C15H20N2/c1-9-4-5-10(2)14-13(9)11(3)15(17-14)12-6-7-16-8-12/h4-5,12,16-17H,6-8H2,1-3H3. The summed E-state index contributed by atoms with van der Waals surface area (Å²) in [6.45, 7) is 8.93. The Hall–Kier alpha value is -1.28. The van der Waals surface area contributed by atoms with Crippen LogP contribution in [0.4, 0.5) is 0 Å². The summed E-state index contributed by atoms with van der Waals surface area (Å²) >= 11 is 0. The molecular formula is C15H20N2. The lowest BCUT2D eigenvalue weighted by molar-refractivity contribution is 0.737. The number of rotatable bonds is 1. The van der Waals surface area contributed by atoms with E-state index in [9.17, 15) is 0 Å². The molecule has 2 aromatic rings. The van der Waals surface area contributed by atoms with E-state index in [1.807, 2.05) is 0 Å². The second-order valence-corrected chi connectivity index (χ2v) is 5.30. The molecule has 0 spiro atoms. The maximum absolute atomic E-state index is 3.67. The Morgan fingerprint density at radius 3 is 2.53 bits per heavy atom. The molecule has 17 heavy (non-hydrogen) atoms. The van der Waals surface area contributed by atoms with Crippen LogP contribution < -0.4 is 5.32 Å². The van der Waals surface area contributed by atoms with Crippen molar-refractivity contribution in [3.63, 3.8) is 0 Å². The molecule has 2 heteroatoms. The number of aromatic nitrogens is 1. The maximum Gasteiger partial charge on any atom is 0.0491 e. The van der Waals surface area contributed by atoms with Crippen LogP contribution in [0.15, 0.2) is 12.1 Å². The second kappa shape index (κ2) is 3.88. The van der Waals surface area contributed by atoms with E-state index < -0.39 is 0 Å². The molecule has 1 saturated heterocycles. The Balaban J connectivity index is 2.24. The third-order valence-electron chi connectivity index (χ3n) is 4.13. The van der Waals surface area contributed by atoms with E-state index >= 15 is 0 Å². The lowest BCUT2D eigenvalue weighted by atomic mass is 9.98. The van der Waals surface area contributed by atoms with E-state index in [2.05, 4.69) is 43.2 Å². The average Bonchev–Trinajstić information content (AvgIpc) is 2.91. The predicted octanol–water partition coefficient (Wildman–Crippen LogP) is 3.17. The van der Waals surface area contributed by atoms with Crippen LogP contribution in [0.5, 0.6) is 0 Å². The molecule has 1 fully saturated rings. The summed E-state index contributed by atoms with van der Waals surface area (Å²) in [6, 6.07) is 4.44. The molecule has 0 aliphatic carbocycles. The first kappa shape index (κ1) is 10.8. The summed E-state index contributed by atoms with van der Waals surface area (Å²) in [5.74, 6) is 0.668. The Labute approximate surface area is 102 Å². The Morgan fingerprint density at radius 1 is 1.12 bits per heavy atom. The van der Waals surface area contributed by atoms with Crippen LogP contribution in [0.2, 0.25) is 0 Å².